The molecule has 6 heteroatoms. The maximum Gasteiger partial charge on any atom is 0.292 e. The molecule has 0 aromatic rings. The van der Waals surface area contributed by atoms with Crippen molar-refractivity contribution in [3.05, 3.63) is 0 Å². The summed E-state index contributed by atoms with van der Waals surface area (Å²) in [7, 11) is -3.25. The molecule has 2 rings (SSSR count). The highest BCUT2D eigenvalue weighted by molar-refractivity contribution is 7.87. The fraction of sp³-hybridized carbons (Fsp3) is 1.00. The van der Waals surface area contributed by atoms with Crippen LogP contribution in [0.4, 0.5) is 0 Å². The minimum absolute atomic E-state index is 0.189. The van der Waals surface area contributed by atoms with E-state index in [2.05, 4.69) is 10.1 Å². The van der Waals surface area contributed by atoms with Crippen LogP contribution in [0.5, 0.6) is 0 Å². The molecule has 0 bridgehead atoms. The normalized spacial score (nSPS) is 26.2. The van der Waals surface area contributed by atoms with Gasteiger partial charge in [-0.2, -0.15) is 13.1 Å². The highest BCUT2D eigenvalue weighted by Gasteiger charge is 2.31. The molecule has 2 fully saturated rings. The van der Waals surface area contributed by atoms with Crippen molar-refractivity contribution in [2.24, 2.45) is 0 Å². The number of hydrogen-bond donors (Lipinski definition) is 2. The Hall–Kier alpha value is -0.170. The van der Waals surface area contributed by atoms with E-state index in [1.165, 1.54) is 4.41 Å². The average molecular weight is 205 g/mol. The predicted molar refractivity (Wildman–Crippen MR) is 49.0 cm³/mol. The van der Waals surface area contributed by atoms with Crippen LogP contribution in [0.15, 0.2) is 0 Å². The quantitative estimate of drug-likeness (QED) is 0.658. The Morgan fingerprint density at radius 1 is 1.31 bits per heavy atom. The minimum Gasteiger partial charge on any atom is -0.240 e. The average Bonchev–Trinajstić information content (AvgIpc) is 2.89. The standard InChI is InChI=1S/C7H15N3O2S/c11-13(12,9-7-3-4-7)10-6-2-1-5-8-10/h7-9H,1-6H2. The monoisotopic (exact) mass is 205 g/mol. The Bertz CT molecular complexity index is 267. The highest BCUT2D eigenvalue weighted by atomic mass is 32.2. The highest BCUT2D eigenvalue weighted by Crippen LogP contribution is 2.20. The first-order chi connectivity index (χ1) is 6.18. The molecule has 0 aromatic heterocycles. The maximum absolute atomic E-state index is 11.6. The van der Waals surface area contributed by atoms with Gasteiger partial charge in [-0.05, 0) is 25.7 Å². The molecule has 0 spiro atoms. The summed E-state index contributed by atoms with van der Waals surface area (Å²) in [4.78, 5) is 0. The van der Waals surface area contributed by atoms with Gasteiger partial charge < -0.3 is 0 Å². The maximum atomic E-state index is 11.6. The van der Waals surface area contributed by atoms with Crippen molar-refractivity contribution in [2.75, 3.05) is 13.1 Å². The van der Waals surface area contributed by atoms with Crippen LogP contribution in [0, 0.1) is 0 Å². The second-order valence-electron chi connectivity index (χ2n) is 3.58. The van der Waals surface area contributed by atoms with E-state index in [-0.39, 0.29) is 6.04 Å². The summed E-state index contributed by atoms with van der Waals surface area (Å²) in [5.74, 6) is 0. The third kappa shape index (κ3) is 2.40. The summed E-state index contributed by atoms with van der Waals surface area (Å²) in [6, 6.07) is 0.189. The van der Waals surface area contributed by atoms with Gasteiger partial charge in [0.05, 0.1) is 0 Å². The lowest BCUT2D eigenvalue weighted by atomic mass is 10.3. The van der Waals surface area contributed by atoms with Gasteiger partial charge in [-0.15, -0.1) is 4.41 Å². The second kappa shape index (κ2) is 3.53. The first-order valence-electron chi connectivity index (χ1n) is 4.72. The largest absolute Gasteiger partial charge is 0.292 e. The molecular weight excluding hydrogens is 190 g/mol. The van der Waals surface area contributed by atoms with E-state index in [0.717, 1.165) is 32.2 Å². The van der Waals surface area contributed by atoms with Gasteiger partial charge in [0.25, 0.3) is 10.2 Å². The molecule has 76 valence electrons. The molecule has 0 aromatic carbocycles. The molecule has 2 N–H and O–H groups in total. The zero-order valence-corrected chi connectivity index (χ0v) is 8.31. The van der Waals surface area contributed by atoms with Crippen LogP contribution in [0.1, 0.15) is 25.7 Å². The molecule has 1 saturated carbocycles. The van der Waals surface area contributed by atoms with Gasteiger partial charge >= 0.3 is 0 Å². The lowest BCUT2D eigenvalue weighted by molar-refractivity contribution is 0.264. The SMILES string of the molecule is O=S(=O)(NC1CC1)N1CCCCN1. The van der Waals surface area contributed by atoms with E-state index < -0.39 is 10.2 Å². The molecule has 13 heavy (non-hydrogen) atoms. The summed E-state index contributed by atoms with van der Waals surface area (Å²) < 4.78 is 27.1. The topological polar surface area (TPSA) is 61.4 Å². The van der Waals surface area contributed by atoms with Crippen molar-refractivity contribution >= 4 is 10.2 Å². The number of hydrazine groups is 1. The van der Waals surface area contributed by atoms with E-state index in [0.29, 0.717) is 6.54 Å². The summed E-state index contributed by atoms with van der Waals surface area (Å²) in [6.07, 6.45) is 3.95. The lowest BCUT2D eigenvalue weighted by Crippen LogP contribution is -2.52. The van der Waals surface area contributed by atoms with Crippen molar-refractivity contribution in [3.63, 3.8) is 0 Å². The Morgan fingerprint density at radius 3 is 2.62 bits per heavy atom. The first-order valence-corrected chi connectivity index (χ1v) is 6.16. The molecule has 1 saturated heterocycles. The van der Waals surface area contributed by atoms with Crippen molar-refractivity contribution in [1.29, 1.82) is 0 Å². The van der Waals surface area contributed by atoms with Gasteiger partial charge in [-0.1, -0.05) is 0 Å². The van der Waals surface area contributed by atoms with Crippen molar-refractivity contribution in [3.8, 4) is 0 Å². The van der Waals surface area contributed by atoms with Crippen LogP contribution < -0.4 is 10.1 Å². The van der Waals surface area contributed by atoms with Gasteiger partial charge in [0.1, 0.15) is 0 Å². The number of nitrogens with zero attached hydrogens (tertiary/aromatic N) is 1. The van der Waals surface area contributed by atoms with Crippen molar-refractivity contribution in [2.45, 2.75) is 31.7 Å². The van der Waals surface area contributed by atoms with Gasteiger partial charge in [0.2, 0.25) is 0 Å². The number of nitrogens with one attached hydrogen (secondary N) is 2. The van der Waals surface area contributed by atoms with Crippen LogP contribution in [0.25, 0.3) is 0 Å². The fourth-order valence-corrected chi connectivity index (χ4v) is 2.76. The number of rotatable bonds is 3. The van der Waals surface area contributed by atoms with Crippen molar-refractivity contribution < 1.29 is 8.42 Å². The van der Waals surface area contributed by atoms with E-state index in [9.17, 15) is 8.42 Å². The van der Waals surface area contributed by atoms with Gasteiger partial charge in [0, 0.05) is 19.1 Å². The molecule has 5 nitrogen and oxygen atoms in total. The molecule has 1 heterocycles. The smallest absolute Gasteiger partial charge is 0.240 e. The van der Waals surface area contributed by atoms with Crippen LogP contribution in [0.2, 0.25) is 0 Å². The van der Waals surface area contributed by atoms with E-state index >= 15 is 0 Å². The molecular formula is C7H15N3O2S. The van der Waals surface area contributed by atoms with Crippen LogP contribution in [-0.4, -0.2) is 32.0 Å². The van der Waals surface area contributed by atoms with E-state index in [1.807, 2.05) is 0 Å². The molecule has 1 aliphatic heterocycles. The third-order valence-corrected chi connectivity index (χ3v) is 3.78. The molecule has 0 unspecified atom stereocenters. The lowest BCUT2D eigenvalue weighted by Gasteiger charge is -2.26. The third-order valence-electron chi connectivity index (χ3n) is 2.26. The van der Waals surface area contributed by atoms with Gasteiger partial charge in [-0.25, -0.2) is 5.43 Å². The van der Waals surface area contributed by atoms with Crippen LogP contribution in [0.3, 0.4) is 0 Å². The first kappa shape index (κ1) is 9.39. The molecule has 0 amide bonds. The van der Waals surface area contributed by atoms with Crippen molar-refractivity contribution in [1.82, 2.24) is 14.6 Å². The van der Waals surface area contributed by atoms with E-state index in [1.54, 1.807) is 0 Å². The molecule has 2 aliphatic rings. The fourth-order valence-electron chi connectivity index (χ4n) is 1.34. The van der Waals surface area contributed by atoms with Gasteiger partial charge in [0.15, 0.2) is 0 Å². The van der Waals surface area contributed by atoms with Gasteiger partial charge in [-0.3, -0.25) is 0 Å². The van der Waals surface area contributed by atoms with E-state index in [4.69, 9.17) is 0 Å². The summed E-state index contributed by atoms with van der Waals surface area (Å²) in [5.41, 5.74) is 2.88. The molecule has 0 atom stereocenters. The Balaban J connectivity index is 1.95. The minimum atomic E-state index is -3.25. The number of hydrogen-bond acceptors (Lipinski definition) is 3. The second-order valence-corrected chi connectivity index (χ2v) is 5.21. The summed E-state index contributed by atoms with van der Waals surface area (Å²) >= 11 is 0. The van der Waals surface area contributed by atoms with Crippen LogP contribution in [-0.2, 0) is 10.2 Å². The zero-order valence-electron chi connectivity index (χ0n) is 7.49. The molecule has 1 aliphatic carbocycles. The Labute approximate surface area is 78.6 Å². The zero-order chi connectivity index (χ0) is 9.31. The summed E-state index contributed by atoms with van der Waals surface area (Å²) in [5, 5.41) is 0. The summed E-state index contributed by atoms with van der Waals surface area (Å²) in [6.45, 7) is 1.34. The molecule has 0 radical (unpaired) electrons. The Morgan fingerprint density at radius 2 is 2.08 bits per heavy atom. The Kier molecular flexibility index (Phi) is 2.55. The predicted octanol–water partition coefficient (Wildman–Crippen LogP) is -0.416. The van der Waals surface area contributed by atoms with Crippen LogP contribution >= 0.6 is 0 Å².